The van der Waals surface area contributed by atoms with Crippen LogP contribution in [0, 0.1) is 0 Å². The van der Waals surface area contributed by atoms with Crippen molar-refractivity contribution in [2.24, 2.45) is 7.05 Å². The summed E-state index contributed by atoms with van der Waals surface area (Å²) in [6, 6.07) is 14.7. The molecular formula is C21H21N3O3. The van der Waals surface area contributed by atoms with Crippen LogP contribution < -0.4 is 10.9 Å². The Hall–Kier alpha value is -2.99. The molecule has 1 saturated heterocycles. The number of benzene rings is 2. The number of ether oxygens (including phenoxy) is 1. The van der Waals surface area contributed by atoms with Crippen LogP contribution in [-0.4, -0.2) is 34.9 Å². The molecule has 6 nitrogen and oxygen atoms in total. The third kappa shape index (κ3) is 3.48. The third-order valence-electron chi connectivity index (χ3n) is 4.89. The number of hydrogen-bond acceptors (Lipinski definition) is 4. The van der Waals surface area contributed by atoms with E-state index in [9.17, 15) is 9.59 Å². The molecule has 1 fully saturated rings. The minimum absolute atomic E-state index is 0.115. The number of nitrogens with zero attached hydrogens (tertiary/aromatic N) is 2. The van der Waals surface area contributed by atoms with Crippen LogP contribution in [0.1, 0.15) is 23.2 Å². The maximum atomic E-state index is 12.3. The molecule has 1 aromatic heterocycles. The first-order chi connectivity index (χ1) is 13.1. The van der Waals surface area contributed by atoms with E-state index in [1.165, 1.54) is 4.68 Å². The summed E-state index contributed by atoms with van der Waals surface area (Å²) in [5.74, 6) is -0.115. The van der Waals surface area contributed by atoms with Crippen LogP contribution in [0.2, 0.25) is 0 Å². The Morgan fingerprint density at radius 2 is 1.93 bits per heavy atom. The van der Waals surface area contributed by atoms with E-state index in [0.717, 1.165) is 36.1 Å². The number of aromatic nitrogens is 2. The molecule has 0 saturated carbocycles. The van der Waals surface area contributed by atoms with Gasteiger partial charge in [0.2, 0.25) is 0 Å². The van der Waals surface area contributed by atoms with E-state index in [2.05, 4.69) is 10.4 Å². The molecule has 138 valence electrons. The second-order valence-corrected chi connectivity index (χ2v) is 6.75. The zero-order valence-electron chi connectivity index (χ0n) is 15.1. The van der Waals surface area contributed by atoms with Gasteiger partial charge >= 0.3 is 0 Å². The minimum Gasteiger partial charge on any atom is -0.376 e. The molecule has 0 spiro atoms. The van der Waals surface area contributed by atoms with E-state index in [0.29, 0.717) is 17.5 Å². The SMILES string of the molecule is Cn1nc(-c2ccc(C(=O)NC[C@H]3CCCO3)cc2)c2ccccc2c1=O. The lowest BCUT2D eigenvalue weighted by Crippen LogP contribution is -2.31. The normalized spacial score (nSPS) is 16.6. The number of hydrogen-bond donors (Lipinski definition) is 1. The standard InChI is InChI=1S/C21H21N3O3/c1-24-21(26)18-7-3-2-6-17(18)19(23-24)14-8-10-15(11-9-14)20(25)22-13-16-5-4-12-27-16/h2-3,6-11,16H,4-5,12-13H2,1H3,(H,22,25)/t16-/m1/s1. The molecule has 1 aliphatic heterocycles. The van der Waals surface area contributed by atoms with Gasteiger partial charge in [0.05, 0.1) is 17.2 Å². The lowest BCUT2D eigenvalue weighted by atomic mass is 10.0. The zero-order chi connectivity index (χ0) is 18.8. The Labute approximate surface area is 156 Å². The van der Waals surface area contributed by atoms with Crippen molar-refractivity contribution < 1.29 is 9.53 Å². The summed E-state index contributed by atoms with van der Waals surface area (Å²) in [6.07, 6.45) is 2.16. The molecule has 4 rings (SSSR count). The van der Waals surface area contributed by atoms with E-state index in [4.69, 9.17) is 4.74 Å². The fourth-order valence-corrected chi connectivity index (χ4v) is 3.41. The molecule has 1 amide bonds. The lowest BCUT2D eigenvalue weighted by Gasteiger charge is -2.11. The summed E-state index contributed by atoms with van der Waals surface area (Å²) in [5, 5.41) is 8.77. The number of amides is 1. The Morgan fingerprint density at radius 1 is 1.19 bits per heavy atom. The van der Waals surface area contributed by atoms with Gasteiger partial charge in [-0.25, -0.2) is 4.68 Å². The largest absolute Gasteiger partial charge is 0.376 e. The third-order valence-corrected chi connectivity index (χ3v) is 4.89. The van der Waals surface area contributed by atoms with Gasteiger partial charge in [0, 0.05) is 36.7 Å². The van der Waals surface area contributed by atoms with Gasteiger partial charge < -0.3 is 10.1 Å². The van der Waals surface area contributed by atoms with Gasteiger partial charge in [-0.15, -0.1) is 0 Å². The Balaban J connectivity index is 1.59. The molecule has 3 aromatic rings. The topological polar surface area (TPSA) is 73.2 Å². The molecule has 1 N–H and O–H groups in total. The van der Waals surface area contributed by atoms with E-state index < -0.39 is 0 Å². The van der Waals surface area contributed by atoms with Gasteiger partial charge in [0.15, 0.2) is 0 Å². The molecule has 0 bridgehead atoms. The van der Waals surface area contributed by atoms with Crippen molar-refractivity contribution in [2.45, 2.75) is 18.9 Å². The first-order valence-electron chi connectivity index (χ1n) is 9.10. The van der Waals surface area contributed by atoms with Crippen LogP contribution in [-0.2, 0) is 11.8 Å². The number of nitrogens with one attached hydrogen (secondary N) is 1. The number of fused-ring (bicyclic) bond motifs is 1. The van der Waals surface area contributed by atoms with Crippen molar-refractivity contribution in [3.63, 3.8) is 0 Å². The fraction of sp³-hybridized carbons (Fsp3) is 0.286. The first kappa shape index (κ1) is 17.4. The summed E-state index contributed by atoms with van der Waals surface area (Å²) in [5.41, 5.74) is 2.04. The Morgan fingerprint density at radius 3 is 2.63 bits per heavy atom. The summed E-state index contributed by atoms with van der Waals surface area (Å²) in [4.78, 5) is 24.6. The molecule has 0 aliphatic carbocycles. The monoisotopic (exact) mass is 363 g/mol. The number of aryl methyl sites for hydroxylation is 1. The highest BCUT2D eigenvalue weighted by Crippen LogP contribution is 2.24. The second-order valence-electron chi connectivity index (χ2n) is 6.75. The minimum atomic E-state index is -0.125. The average Bonchev–Trinajstić information content (AvgIpc) is 3.23. The van der Waals surface area contributed by atoms with Crippen molar-refractivity contribution in [2.75, 3.05) is 13.2 Å². The summed E-state index contributed by atoms with van der Waals surface area (Å²) >= 11 is 0. The highest BCUT2D eigenvalue weighted by Gasteiger charge is 2.17. The van der Waals surface area contributed by atoms with Crippen molar-refractivity contribution in [1.82, 2.24) is 15.1 Å². The van der Waals surface area contributed by atoms with Crippen LogP contribution in [0.15, 0.2) is 53.3 Å². The summed E-state index contributed by atoms with van der Waals surface area (Å²) in [6.45, 7) is 1.31. The van der Waals surface area contributed by atoms with E-state index in [-0.39, 0.29) is 17.6 Å². The predicted octanol–water partition coefficient (Wildman–Crippen LogP) is 2.51. The maximum absolute atomic E-state index is 12.3. The van der Waals surface area contributed by atoms with Gasteiger partial charge in [-0.1, -0.05) is 30.3 Å². The Bertz CT molecular complexity index is 1030. The van der Waals surface area contributed by atoms with Gasteiger partial charge in [-0.05, 0) is 31.0 Å². The van der Waals surface area contributed by atoms with Gasteiger partial charge in [0.1, 0.15) is 0 Å². The van der Waals surface area contributed by atoms with E-state index >= 15 is 0 Å². The molecular weight excluding hydrogens is 342 g/mol. The molecule has 2 aromatic carbocycles. The average molecular weight is 363 g/mol. The van der Waals surface area contributed by atoms with Crippen LogP contribution in [0.4, 0.5) is 0 Å². The van der Waals surface area contributed by atoms with Crippen molar-refractivity contribution in [3.05, 3.63) is 64.4 Å². The molecule has 1 atom stereocenters. The first-order valence-corrected chi connectivity index (χ1v) is 9.10. The Kier molecular flexibility index (Phi) is 4.73. The highest BCUT2D eigenvalue weighted by molar-refractivity contribution is 5.96. The molecule has 2 heterocycles. The smallest absolute Gasteiger partial charge is 0.274 e. The highest BCUT2D eigenvalue weighted by atomic mass is 16.5. The fourth-order valence-electron chi connectivity index (χ4n) is 3.41. The van der Waals surface area contributed by atoms with E-state index in [1.807, 2.05) is 30.3 Å². The number of rotatable bonds is 4. The quantitative estimate of drug-likeness (QED) is 0.773. The molecule has 0 radical (unpaired) electrons. The molecule has 6 heteroatoms. The lowest BCUT2D eigenvalue weighted by molar-refractivity contribution is 0.0858. The zero-order valence-corrected chi connectivity index (χ0v) is 15.1. The van der Waals surface area contributed by atoms with Crippen molar-refractivity contribution in [3.8, 4) is 11.3 Å². The molecule has 27 heavy (non-hydrogen) atoms. The van der Waals surface area contributed by atoms with E-state index in [1.54, 1.807) is 25.2 Å². The number of carbonyl (C=O) groups excluding carboxylic acids is 1. The van der Waals surface area contributed by atoms with Crippen molar-refractivity contribution in [1.29, 1.82) is 0 Å². The van der Waals surface area contributed by atoms with Gasteiger partial charge in [-0.2, -0.15) is 5.10 Å². The van der Waals surface area contributed by atoms with Crippen molar-refractivity contribution >= 4 is 16.7 Å². The molecule has 0 unspecified atom stereocenters. The van der Waals surface area contributed by atoms with Gasteiger partial charge in [-0.3, -0.25) is 9.59 Å². The van der Waals surface area contributed by atoms with Crippen LogP contribution in [0.5, 0.6) is 0 Å². The second kappa shape index (κ2) is 7.32. The van der Waals surface area contributed by atoms with Crippen LogP contribution in [0.25, 0.3) is 22.0 Å². The summed E-state index contributed by atoms with van der Waals surface area (Å²) < 4.78 is 6.87. The summed E-state index contributed by atoms with van der Waals surface area (Å²) in [7, 11) is 1.64. The van der Waals surface area contributed by atoms with Gasteiger partial charge in [0.25, 0.3) is 11.5 Å². The predicted molar refractivity (Wildman–Crippen MR) is 104 cm³/mol. The van der Waals surface area contributed by atoms with Crippen LogP contribution in [0.3, 0.4) is 0 Å². The van der Waals surface area contributed by atoms with Crippen LogP contribution >= 0.6 is 0 Å². The molecule has 1 aliphatic rings. The maximum Gasteiger partial charge on any atom is 0.274 e. The number of carbonyl (C=O) groups is 1.